The monoisotopic (exact) mass is 326 g/mol. The predicted octanol–water partition coefficient (Wildman–Crippen LogP) is 5.99. The van der Waals surface area contributed by atoms with Gasteiger partial charge in [0.2, 0.25) is 0 Å². The van der Waals surface area contributed by atoms with Crippen molar-refractivity contribution < 1.29 is 10.2 Å². The number of rotatable bonds is 12. The molecule has 0 aromatic rings. The van der Waals surface area contributed by atoms with E-state index < -0.39 is 11.2 Å². The summed E-state index contributed by atoms with van der Waals surface area (Å²) in [6, 6.07) is 0. The first-order valence-corrected chi connectivity index (χ1v) is 10.4. The van der Waals surface area contributed by atoms with E-state index in [2.05, 4.69) is 13.8 Å². The average molecular weight is 327 g/mol. The minimum atomic E-state index is -0.901. The maximum Gasteiger partial charge on any atom is 0.0933 e. The van der Waals surface area contributed by atoms with E-state index in [1.165, 1.54) is 51.4 Å². The van der Waals surface area contributed by atoms with Gasteiger partial charge >= 0.3 is 0 Å². The average Bonchev–Trinajstić information content (AvgIpc) is 2.52. The molecule has 0 aliphatic heterocycles. The van der Waals surface area contributed by atoms with Gasteiger partial charge in [0.15, 0.2) is 0 Å². The smallest absolute Gasteiger partial charge is 0.0933 e. The standard InChI is InChI=1S/C21H42O2/c1-4-6-8-9-10-11-12-13-17-21(23)18-14-16-19(15-7-5-2)20(21,3)22/h19,22-23H,4-18H2,1-3H3. The summed E-state index contributed by atoms with van der Waals surface area (Å²) in [5, 5.41) is 22.1. The number of aliphatic hydroxyl groups is 2. The van der Waals surface area contributed by atoms with Crippen molar-refractivity contribution in [3.8, 4) is 0 Å². The van der Waals surface area contributed by atoms with E-state index in [1.54, 1.807) is 0 Å². The van der Waals surface area contributed by atoms with Gasteiger partial charge in [-0.1, -0.05) is 84.5 Å². The zero-order valence-electron chi connectivity index (χ0n) is 16.1. The fourth-order valence-corrected chi connectivity index (χ4v) is 4.36. The lowest BCUT2D eigenvalue weighted by atomic mass is 9.63. The van der Waals surface area contributed by atoms with Gasteiger partial charge < -0.3 is 10.2 Å². The molecule has 0 amide bonds. The van der Waals surface area contributed by atoms with E-state index >= 15 is 0 Å². The van der Waals surface area contributed by atoms with Gasteiger partial charge in [-0.3, -0.25) is 0 Å². The molecule has 138 valence electrons. The van der Waals surface area contributed by atoms with E-state index in [9.17, 15) is 10.2 Å². The third kappa shape index (κ3) is 6.38. The van der Waals surface area contributed by atoms with Crippen molar-refractivity contribution in [2.45, 2.75) is 128 Å². The summed E-state index contributed by atoms with van der Waals surface area (Å²) in [5.41, 5.74) is -1.76. The highest BCUT2D eigenvalue weighted by Gasteiger charge is 2.51. The highest BCUT2D eigenvalue weighted by atomic mass is 16.4. The molecule has 0 radical (unpaired) electrons. The van der Waals surface area contributed by atoms with Crippen molar-refractivity contribution in [1.82, 2.24) is 0 Å². The Morgan fingerprint density at radius 1 is 0.826 bits per heavy atom. The topological polar surface area (TPSA) is 40.5 Å². The Morgan fingerprint density at radius 2 is 1.39 bits per heavy atom. The van der Waals surface area contributed by atoms with Gasteiger partial charge in [-0.2, -0.15) is 0 Å². The Labute approximate surface area is 145 Å². The highest BCUT2D eigenvalue weighted by Crippen LogP contribution is 2.45. The normalized spacial score (nSPS) is 31.4. The SMILES string of the molecule is CCCCCCCCCCC1(O)CCCC(CCCC)C1(C)O. The van der Waals surface area contributed by atoms with E-state index in [0.717, 1.165) is 44.9 Å². The van der Waals surface area contributed by atoms with E-state index in [0.29, 0.717) is 0 Å². The van der Waals surface area contributed by atoms with Crippen molar-refractivity contribution in [2.24, 2.45) is 5.92 Å². The van der Waals surface area contributed by atoms with Crippen LogP contribution in [-0.2, 0) is 0 Å². The van der Waals surface area contributed by atoms with Gasteiger partial charge in [0, 0.05) is 0 Å². The van der Waals surface area contributed by atoms with Crippen LogP contribution in [0.4, 0.5) is 0 Å². The van der Waals surface area contributed by atoms with Crippen LogP contribution < -0.4 is 0 Å². The molecule has 1 fully saturated rings. The van der Waals surface area contributed by atoms with Crippen LogP contribution in [-0.4, -0.2) is 21.4 Å². The summed E-state index contributed by atoms with van der Waals surface area (Å²) in [7, 11) is 0. The Balaban J connectivity index is 2.32. The van der Waals surface area contributed by atoms with Crippen LogP contribution in [0.5, 0.6) is 0 Å². The maximum absolute atomic E-state index is 11.1. The molecule has 0 saturated heterocycles. The van der Waals surface area contributed by atoms with Crippen LogP contribution >= 0.6 is 0 Å². The molecule has 2 heteroatoms. The first-order chi connectivity index (χ1) is 11.0. The van der Waals surface area contributed by atoms with E-state index in [-0.39, 0.29) is 5.92 Å². The summed E-state index contributed by atoms with van der Waals surface area (Å²) < 4.78 is 0. The van der Waals surface area contributed by atoms with Crippen LogP contribution in [0.2, 0.25) is 0 Å². The number of unbranched alkanes of at least 4 members (excludes halogenated alkanes) is 8. The molecule has 1 aliphatic carbocycles. The highest BCUT2D eigenvalue weighted by molar-refractivity contribution is 5.03. The minimum Gasteiger partial charge on any atom is -0.387 e. The lowest BCUT2D eigenvalue weighted by Crippen LogP contribution is -2.59. The zero-order chi connectivity index (χ0) is 17.2. The molecule has 0 aromatic carbocycles. The summed E-state index contributed by atoms with van der Waals surface area (Å²) in [6.45, 7) is 6.35. The molecule has 1 saturated carbocycles. The first-order valence-electron chi connectivity index (χ1n) is 10.4. The molecular weight excluding hydrogens is 284 g/mol. The van der Waals surface area contributed by atoms with Gasteiger partial charge in [-0.25, -0.2) is 0 Å². The number of hydrogen-bond acceptors (Lipinski definition) is 2. The van der Waals surface area contributed by atoms with Crippen molar-refractivity contribution in [3.63, 3.8) is 0 Å². The molecule has 0 heterocycles. The van der Waals surface area contributed by atoms with Crippen LogP contribution in [0.15, 0.2) is 0 Å². The molecule has 2 nitrogen and oxygen atoms in total. The number of hydrogen-bond donors (Lipinski definition) is 2. The van der Waals surface area contributed by atoms with Crippen LogP contribution in [0, 0.1) is 5.92 Å². The second-order valence-corrected chi connectivity index (χ2v) is 8.14. The third-order valence-electron chi connectivity index (χ3n) is 6.23. The Hall–Kier alpha value is -0.0800. The quantitative estimate of drug-likeness (QED) is 0.432. The molecule has 0 bridgehead atoms. The second kappa shape index (κ2) is 10.7. The van der Waals surface area contributed by atoms with E-state index in [4.69, 9.17) is 0 Å². The summed E-state index contributed by atoms with van der Waals surface area (Å²) >= 11 is 0. The van der Waals surface area contributed by atoms with Crippen molar-refractivity contribution >= 4 is 0 Å². The van der Waals surface area contributed by atoms with Gasteiger partial charge in [0.1, 0.15) is 0 Å². The maximum atomic E-state index is 11.1. The fraction of sp³-hybridized carbons (Fsp3) is 1.00. The summed E-state index contributed by atoms with van der Waals surface area (Å²) in [5.74, 6) is 0.273. The molecule has 3 unspecified atom stereocenters. The molecule has 0 aromatic heterocycles. The third-order valence-corrected chi connectivity index (χ3v) is 6.23. The van der Waals surface area contributed by atoms with Crippen molar-refractivity contribution in [2.75, 3.05) is 0 Å². The fourth-order valence-electron chi connectivity index (χ4n) is 4.36. The molecule has 3 atom stereocenters. The van der Waals surface area contributed by atoms with Crippen LogP contribution in [0.25, 0.3) is 0 Å². The molecule has 1 aliphatic rings. The van der Waals surface area contributed by atoms with Gasteiger partial charge in [0.05, 0.1) is 11.2 Å². The lowest BCUT2D eigenvalue weighted by molar-refractivity contribution is -0.198. The minimum absolute atomic E-state index is 0.273. The summed E-state index contributed by atoms with van der Waals surface area (Å²) in [4.78, 5) is 0. The van der Waals surface area contributed by atoms with Gasteiger partial charge in [0.25, 0.3) is 0 Å². The Morgan fingerprint density at radius 3 is 2.00 bits per heavy atom. The molecule has 23 heavy (non-hydrogen) atoms. The summed E-state index contributed by atoms with van der Waals surface area (Å²) in [6.07, 6.45) is 17.3. The second-order valence-electron chi connectivity index (χ2n) is 8.14. The Kier molecular flexibility index (Phi) is 9.77. The zero-order valence-corrected chi connectivity index (χ0v) is 16.1. The van der Waals surface area contributed by atoms with Crippen LogP contribution in [0.1, 0.15) is 117 Å². The van der Waals surface area contributed by atoms with Crippen molar-refractivity contribution in [3.05, 3.63) is 0 Å². The first kappa shape index (κ1) is 21.0. The lowest BCUT2D eigenvalue weighted by Gasteiger charge is -2.50. The molecular formula is C21H42O2. The molecule has 0 spiro atoms. The Bertz CT molecular complexity index is 300. The molecule has 2 N–H and O–H groups in total. The van der Waals surface area contributed by atoms with Gasteiger partial charge in [-0.15, -0.1) is 0 Å². The largest absolute Gasteiger partial charge is 0.387 e. The predicted molar refractivity (Wildman–Crippen MR) is 99.7 cm³/mol. The molecule has 1 rings (SSSR count). The van der Waals surface area contributed by atoms with E-state index in [1.807, 2.05) is 6.92 Å². The van der Waals surface area contributed by atoms with Crippen molar-refractivity contribution in [1.29, 1.82) is 0 Å². The van der Waals surface area contributed by atoms with Crippen LogP contribution in [0.3, 0.4) is 0 Å². The van der Waals surface area contributed by atoms with Gasteiger partial charge in [-0.05, 0) is 38.5 Å².